The second kappa shape index (κ2) is 5.44. The van der Waals surface area contributed by atoms with Crippen molar-refractivity contribution in [1.29, 1.82) is 0 Å². The molecule has 0 spiro atoms. The number of aldehydes is 1. The third-order valence-electron chi connectivity index (χ3n) is 3.84. The van der Waals surface area contributed by atoms with E-state index < -0.39 is 17.2 Å². The van der Waals surface area contributed by atoms with Crippen LogP contribution in [0.3, 0.4) is 0 Å². The smallest absolute Gasteiger partial charge is 0.411 e. The van der Waals surface area contributed by atoms with Crippen LogP contribution in [0, 0.1) is 0 Å². The topological polar surface area (TPSA) is 46.6 Å². The standard InChI is InChI=1S/C16H23NO3S/c1-15(2,3)20-14(19)17(5)16(4,10-18)13-9-11-7-6-8-12(11)21-13/h9-10H,6-8H2,1-5H3. The lowest BCUT2D eigenvalue weighted by atomic mass is 10.00. The molecule has 5 heteroatoms. The molecule has 21 heavy (non-hydrogen) atoms. The van der Waals surface area contributed by atoms with E-state index in [1.54, 1.807) is 25.3 Å². The summed E-state index contributed by atoms with van der Waals surface area (Å²) < 4.78 is 5.38. The first kappa shape index (κ1) is 16.0. The molecule has 1 amide bonds. The highest BCUT2D eigenvalue weighted by molar-refractivity contribution is 7.12. The zero-order valence-electron chi connectivity index (χ0n) is 13.4. The molecule has 1 aliphatic carbocycles. The molecular weight excluding hydrogens is 286 g/mol. The Morgan fingerprint density at radius 2 is 2.00 bits per heavy atom. The minimum atomic E-state index is -0.975. The van der Waals surface area contributed by atoms with E-state index in [1.807, 2.05) is 20.8 Å². The van der Waals surface area contributed by atoms with Gasteiger partial charge in [0.1, 0.15) is 11.1 Å². The number of hydrogen-bond acceptors (Lipinski definition) is 4. The quantitative estimate of drug-likeness (QED) is 0.803. The van der Waals surface area contributed by atoms with Gasteiger partial charge >= 0.3 is 6.09 Å². The Morgan fingerprint density at radius 3 is 2.52 bits per heavy atom. The second-order valence-electron chi connectivity index (χ2n) is 6.72. The SMILES string of the molecule is CN(C(=O)OC(C)(C)C)C(C)(C=O)c1cc2c(s1)CCC2. The van der Waals surface area contributed by atoms with Gasteiger partial charge in [-0.15, -0.1) is 11.3 Å². The molecule has 0 saturated carbocycles. The van der Waals surface area contributed by atoms with Crippen molar-refractivity contribution in [2.75, 3.05) is 7.05 Å². The minimum absolute atomic E-state index is 0.481. The van der Waals surface area contributed by atoms with Gasteiger partial charge in [-0.25, -0.2) is 4.79 Å². The molecular formula is C16H23NO3S. The maximum atomic E-state index is 12.3. The van der Waals surface area contributed by atoms with Crippen molar-refractivity contribution in [2.24, 2.45) is 0 Å². The van der Waals surface area contributed by atoms with Crippen molar-refractivity contribution < 1.29 is 14.3 Å². The molecule has 1 aromatic heterocycles. The first-order chi connectivity index (χ1) is 9.67. The molecule has 2 rings (SSSR count). The molecule has 1 aromatic rings. The molecule has 1 atom stereocenters. The zero-order chi connectivity index (χ0) is 15.8. The van der Waals surface area contributed by atoms with Gasteiger partial charge in [-0.3, -0.25) is 4.90 Å². The highest BCUT2D eigenvalue weighted by atomic mass is 32.1. The van der Waals surface area contributed by atoms with Crippen LogP contribution < -0.4 is 0 Å². The Bertz CT molecular complexity index is 537. The van der Waals surface area contributed by atoms with Crippen molar-refractivity contribution in [2.45, 2.75) is 58.1 Å². The summed E-state index contributed by atoms with van der Waals surface area (Å²) in [6, 6.07) is 2.07. The summed E-state index contributed by atoms with van der Waals surface area (Å²) >= 11 is 1.64. The van der Waals surface area contributed by atoms with Gasteiger partial charge in [-0.05, 0) is 58.6 Å². The average molecular weight is 309 g/mol. The fourth-order valence-electron chi connectivity index (χ4n) is 2.40. The van der Waals surface area contributed by atoms with E-state index in [9.17, 15) is 9.59 Å². The molecule has 0 saturated heterocycles. The highest BCUT2D eigenvalue weighted by Gasteiger charge is 2.39. The Kier molecular flexibility index (Phi) is 4.15. The first-order valence-corrected chi connectivity index (χ1v) is 8.04. The second-order valence-corrected chi connectivity index (χ2v) is 7.85. The number of carbonyl (C=O) groups is 2. The van der Waals surface area contributed by atoms with E-state index in [0.29, 0.717) is 0 Å². The normalized spacial score (nSPS) is 17.0. The minimum Gasteiger partial charge on any atom is -0.444 e. The predicted molar refractivity (Wildman–Crippen MR) is 83.8 cm³/mol. The van der Waals surface area contributed by atoms with E-state index >= 15 is 0 Å². The number of amides is 1. The summed E-state index contributed by atoms with van der Waals surface area (Å²) in [5.41, 5.74) is -0.232. The molecule has 1 unspecified atom stereocenters. The van der Waals surface area contributed by atoms with Crippen molar-refractivity contribution >= 4 is 23.7 Å². The van der Waals surface area contributed by atoms with Crippen molar-refractivity contribution in [3.8, 4) is 0 Å². The number of rotatable bonds is 3. The van der Waals surface area contributed by atoms with Crippen LogP contribution in [0.4, 0.5) is 4.79 Å². The van der Waals surface area contributed by atoms with Gasteiger partial charge in [0.25, 0.3) is 0 Å². The molecule has 0 N–H and O–H groups in total. The molecule has 0 aromatic carbocycles. The van der Waals surface area contributed by atoms with E-state index in [-0.39, 0.29) is 0 Å². The predicted octanol–water partition coefficient (Wildman–Crippen LogP) is 3.52. The van der Waals surface area contributed by atoms with Gasteiger partial charge in [0.2, 0.25) is 0 Å². The van der Waals surface area contributed by atoms with Gasteiger partial charge < -0.3 is 9.53 Å². The van der Waals surface area contributed by atoms with Crippen LogP contribution in [0.2, 0.25) is 0 Å². The number of hydrogen-bond donors (Lipinski definition) is 0. The molecule has 1 aliphatic rings. The van der Waals surface area contributed by atoms with Crippen molar-refractivity contribution in [1.82, 2.24) is 4.90 Å². The Hall–Kier alpha value is -1.36. The van der Waals surface area contributed by atoms with E-state index in [4.69, 9.17) is 4.74 Å². The monoisotopic (exact) mass is 309 g/mol. The fraction of sp³-hybridized carbons (Fsp3) is 0.625. The molecule has 4 nitrogen and oxygen atoms in total. The van der Waals surface area contributed by atoms with Gasteiger partial charge in [-0.1, -0.05) is 0 Å². The molecule has 116 valence electrons. The zero-order valence-corrected chi connectivity index (χ0v) is 14.2. The average Bonchev–Trinajstić information content (AvgIpc) is 2.95. The Labute approximate surface area is 130 Å². The largest absolute Gasteiger partial charge is 0.444 e. The van der Waals surface area contributed by atoms with Crippen LogP contribution >= 0.6 is 11.3 Å². The lowest BCUT2D eigenvalue weighted by Crippen LogP contribution is -2.47. The van der Waals surface area contributed by atoms with E-state index in [0.717, 1.165) is 24.0 Å². The number of thiophene rings is 1. The summed E-state index contributed by atoms with van der Waals surface area (Å²) in [5, 5.41) is 0. The van der Waals surface area contributed by atoms with Crippen LogP contribution in [0.15, 0.2) is 6.07 Å². The third kappa shape index (κ3) is 3.12. The number of carbonyl (C=O) groups excluding carboxylic acids is 2. The highest BCUT2D eigenvalue weighted by Crippen LogP contribution is 2.38. The Morgan fingerprint density at radius 1 is 1.33 bits per heavy atom. The van der Waals surface area contributed by atoms with Crippen LogP contribution in [-0.2, 0) is 27.9 Å². The number of likely N-dealkylation sites (N-methyl/N-ethyl adjacent to an activating group) is 1. The molecule has 0 bridgehead atoms. The van der Waals surface area contributed by atoms with Gasteiger partial charge in [-0.2, -0.15) is 0 Å². The number of ether oxygens (including phenoxy) is 1. The maximum Gasteiger partial charge on any atom is 0.411 e. The number of fused-ring (bicyclic) bond motifs is 1. The van der Waals surface area contributed by atoms with Crippen LogP contribution in [0.25, 0.3) is 0 Å². The van der Waals surface area contributed by atoms with E-state index in [2.05, 4.69) is 6.07 Å². The number of aryl methyl sites for hydroxylation is 2. The summed E-state index contributed by atoms with van der Waals surface area (Å²) in [5.74, 6) is 0. The molecule has 0 aliphatic heterocycles. The van der Waals surface area contributed by atoms with E-state index in [1.165, 1.54) is 21.8 Å². The summed E-state index contributed by atoms with van der Waals surface area (Å²) in [7, 11) is 1.62. The summed E-state index contributed by atoms with van der Waals surface area (Å²) in [4.78, 5) is 27.6. The molecule has 0 radical (unpaired) electrons. The summed E-state index contributed by atoms with van der Waals surface area (Å²) in [6.45, 7) is 7.22. The molecule has 1 heterocycles. The number of nitrogens with zero attached hydrogens (tertiary/aromatic N) is 1. The van der Waals surface area contributed by atoms with Crippen LogP contribution in [0.5, 0.6) is 0 Å². The lowest BCUT2D eigenvalue weighted by Gasteiger charge is -2.34. The van der Waals surface area contributed by atoms with Crippen LogP contribution in [-0.4, -0.2) is 29.9 Å². The van der Waals surface area contributed by atoms with Gasteiger partial charge in [0.15, 0.2) is 6.29 Å². The fourth-order valence-corrected chi connectivity index (χ4v) is 3.80. The lowest BCUT2D eigenvalue weighted by molar-refractivity contribution is -0.117. The molecule has 0 fully saturated rings. The first-order valence-electron chi connectivity index (χ1n) is 7.22. The Balaban J connectivity index is 2.27. The maximum absolute atomic E-state index is 12.3. The van der Waals surface area contributed by atoms with Gasteiger partial charge in [0.05, 0.1) is 0 Å². The van der Waals surface area contributed by atoms with Crippen molar-refractivity contribution in [3.05, 3.63) is 21.4 Å². The van der Waals surface area contributed by atoms with Crippen LogP contribution in [0.1, 0.15) is 49.4 Å². The van der Waals surface area contributed by atoms with Crippen molar-refractivity contribution in [3.63, 3.8) is 0 Å². The third-order valence-corrected chi connectivity index (χ3v) is 5.30. The summed E-state index contributed by atoms with van der Waals surface area (Å²) in [6.07, 6.45) is 3.67. The van der Waals surface area contributed by atoms with Gasteiger partial charge in [0, 0.05) is 16.8 Å².